The molecule has 0 bridgehead atoms. The van der Waals surface area contributed by atoms with E-state index in [0.29, 0.717) is 0 Å². The predicted molar refractivity (Wildman–Crippen MR) is 36.7 cm³/mol. The summed E-state index contributed by atoms with van der Waals surface area (Å²) in [4.78, 5) is 0. The van der Waals surface area contributed by atoms with E-state index in [1.807, 2.05) is 0 Å². The van der Waals surface area contributed by atoms with Gasteiger partial charge in [-0.2, -0.15) is 0 Å². The third kappa shape index (κ3) is 0.835. The largest absolute Gasteiger partial charge is 0.0998 e. The van der Waals surface area contributed by atoms with Gasteiger partial charge in [0.05, 0.1) is 0 Å². The quantitative estimate of drug-likeness (QED) is 0.453. The molecule has 0 N–H and O–H groups in total. The fourth-order valence-electron chi connectivity index (χ4n) is 0.986. The minimum Gasteiger partial charge on any atom is -0.0998 e. The van der Waals surface area contributed by atoms with Gasteiger partial charge in [0.2, 0.25) is 0 Å². The number of hydrogen-bond donors (Lipinski definition) is 0. The fraction of sp³-hybridized carbons (Fsp3) is 0.500. The minimum atomic E-state index is 0.766. The highest BCUT2D eigenvalue weighted by Crippen LogP contribution is 2.35. The van der Waals surface area contributed by atoms with E-state index >= 15 is 0 Å². The van der Waals surface area contributed by atoms with E-state index in [1.54, 1.807) is 0 Å². The molecular weight excluding hydrogens is 96.1 g/mol. The maximum atomic E-state index is 3.87. The maximum absolute atomic E-state index is 3.87. The molecule has 0 aromatic heterocycles. The van der Waals surface area contributed by atoms with Crippen LogP contribution in [0.4, 0.5) is 0 Å². The number of rotatable bonds is 1. The molecule has 0 aromatic rings. The first-order valence-electron chi connectivity index (χ1n) is 3.02. The van der Waals surface area contributed by atoms with E-state index < -0.39 is 0 Å². The summed E-state index contributed by atoms with van der Waals surface area (Å²) >= 11 is 0. The lowest BCUT2D eigenvalue weighted by Crippen LogP contribution is -2.13. The Morgan fingerprint density at radius 2 is 2.12 bits per heavy atom. The van der Waals surface area contributed by atoms with Gasteiger partial charge in [-0.25, -0.2) is 0 Å². The van der Waals surface area contributed by atoms with Crippen LogP contribution in [-0.2, 0) is 0 Å². The highest BCUT2D eigenvalue weighted by molar-refractivity contribution is 5.17. The Labute approximate surface area is 50.9 Å². The molecule has 0 heterocycles. The van der Waals surface area contributed by atoms with Gasteiger partial charge >= 0.3 is 0 Å². The third-order valence-electron chi connectivity index (χ3n) is 1.77. The molecule has 0 aromatic carbocycles. The zero-order valence-electron chi connectivity index (χ0n) is 5.41. The van der Waals surface area contributed by atoms with Crippen LogP contribution in [0.15, 0.2) is 24.3 Å². The Morgan fingerprint density at radius 1 is 1.62 bits per heavy atom. The molecule has 8 heavy (non-hydrogen) atoms. The second kappa shape index (κ2) is 1.77. The average molecular weight is 108 g/mol. The molecule has 1 aliphatic rings. The summed E-state index contributed by atoms with van der Waals surface area (Å²) in [6, 6.07) is 0. The van der Waals surface area contributed by atoms with Crippen molar-refractivity contribution in [2.45, 2.75) is 19.8 Å². The van der Waals surface area contributed by atoms with Crippen LogP contribution in [0.1, 0.15) is 19.8 Å². The molecule has 0 nitrogen and oxygen atoms in total. The van der Waals surface area contributed by atoms with Gasteiger partial charge in [0, 0.05) is 0 Å². The van der Waals surface area contributed by atoms with Gasteiger partial charge in [-0.1, -0.05) is 24.3 Å². The number of allylic oxidation sites excluding steroid dienone is 2. The first-order valence-corrected chi connectivity index (χ1v) is 3.02. The first kappa shape index (κ1) is 5.61. The zero-order chi connectivity index (χ0) is 6.15. The molecular formula is C8H12. The average Bonchev–Trinajstić information content (AvgIpc) is 1.57. The van der Waals surface area contributed by atoms with Crippen molar-refractivity contribution in [3.63, 3.8) is 0 Å². The Bertz CT molecular complexity index is 123. The van der Waals surface area contributed by atoms with Crippen molar-refractivity contribution in [2.24, 2.45) is 5.92 Å². The first-order chi connectivity index (χ1) is 3.70. The molecule has 1 aliphatic carbocycles. The Hall–Kier alpha value is -0.520. The summed E-state index contributed by atoms with van der Waals surface area (Å²) in [7, 11) is 0. The highest BCUT2D eigenvalue weighted by atomic mass is 14.3. The summed E-state index contributed by atoms with van der Waals surface area (Å²) < 4.78 is 0. The third-order valence-corrected chi connectivity index (χ3v) is 1.77. The van der Waals surface area contributed by atoms with Gasteiger partial charge in [0.25, 0.3) is 0 Å². The van der Waals surface area contributed by atoms with Crippen molar-refractivity contribution in [2.75, 3.05) is 0 Å². The van der Waals surface area contributed by atoms with Crippen molar-refractivity contribution in [3.8, 4) is 0 Å². The maximum Gasteiger partial charge on any atom is -0.0134 e. The van der Waals surface area contributed by atoms with Crippen LogP contribution in [-0.4, -0.2) is 0 Å². The van der Waals surface area contributed by atoms with E-state index in [-0.39, 0.29) is 0 Å². The summed E-state index contributed by atoms with van der Waals surface area (Å²) in [6.45, 7) is 9.82. The summed E-state index contributed by atoms with van der Waals surface area (Å²) in [5.41, 5.74) is 2.70. The van der Waals surface area contributed by atoms with Crippen LogP contribution in [0.2, 0.25) is 0 Å². The standard InChI is InChI=1S/C8H12/c1-6(2)8-4-7(3)5-8/h8H,1,3-5H2,2H3. The van der Waals surface area contributed by atoms with Crippen LogP contribution in [0, 0.1) is 5.92 Å². The molecule has 0 spiro atoms. The van der Waals surface area contributed by atoms with Crippen molar-refractivity contribution in [1.82, 2.24) is 0 Å². The van der Waals surface area contributed by atoms with Gasteiger partial charge in [-0.3, -0.25) is 0 Å². The number of hydrogen-bond acceptors (Lipinski definition) is 0. The lowest BCUT2D eigenvalue weighted by Gasteiger charge is -2.28. The molecule has 44 valence electrons. The van der Waals surface area contributed by atoms with Crippen LogP contribution >= 0.6 is 0 Å². The van der Waals surface area contributed by atoms with Crippen molar-refractivity contribution in [3.05, 3.63) is 24.3 Å². The molecule has 0 aliphatic heterocycles. The lowest BCUT2D eigenvalue weighted by atomic mass is 9.77. The second-order valence-corrected chi connectivity index (χ2v) is 2.70. The molecule has 1 fully saturated rings. The van der Waals surface area contributed by atoms with Gasteiger partial charge in [0.15, 0.2) is 0 Å². The summed E-state index contributed by atoms with van der Waals surface area (Å²) in [5.74, 6) is 0.766. The molecule has 0 heteroatoms. The normalized spacial score (nSPS) is 20.4. The Morgan fingerprint density at radius 3 is 2.25 bits per heavy atom. The van der Waals surface area contributed by atoms with Crippen LogP contribution in [0.5, 0.6) is 0 Å². The SMILES string of the molecule is C=C1CC(C(=C)C)C1. The van der Waals surface area contributed by atoms with E-state index in [1.165, 1.54) is 24.0 Å². The molecule has 1 saturated carbocycles. The van der Waals surface area contributed by atoms with Crippen molar-refractivity contribution >= 4 is 0 Å². The molecule has 1 rings (SSSR count). The minimum absolute atomic E-state index is 0.766. The van der Waals surface area contributed by atoms with Gasteiger partial charge in [-0.05, 0) is 25.7 Å². The Balaban J connectivity index is 2.35. The van der Waals surface area contributed by atoms with Gasteiger partial charge < -0.3 is 0 Å². The highest BCUT2D eigenvalue weighted by Gasteiger charge is 2.20. The molecule has 0 atom stereocenters. The summed E-state index contributed by atoms with van der Waals surface area (Å²) in [6.07, 6.45) is 2.38. The van der Waals surface area contributed by atoms with Gasteiger partial charge in [-0.15, -0.1) is 0 Å². The van der Waals surface area contributed by atoms with Crippen LogP contribution in [0.25, 0.3) is 0 Å². The molecule has 0 saturated heterocycles. The zero-order valence-corrected chi connectivity index (χ0v) is 5.41. The van der Waals surface area contributed by atoms with Crippen molar-refractivity contribution < 1.29 is 0 Å². The van der Waals surface area contributed by atoms with E-state index in [0.717, 1.165) is 5.92 Å². The monoisotopic (exact) mass is 108 g/mol. The van der Waals surface area contributed by atoms with Crippen LogP contribution in [0.3, 0.4) is 0 Å². The predicted octanol–water partition coefficient (Wildman–Crippen LogP) is 2.53. The smallest absolute Gasteiger partial charge is 0.0134 e. The van der Waals surface area contributed by atoms with Gasteiger partial charge in [0.1, 0.15) is 0 Å². The fourth-order valence-corrected chi connectivity index (χ4v) is 0.986. The molecule has 0 radical (unpaired) electrons. The topological polar surface area (TPSA) is 0 Å². The Kier molecular flexibility index (Phi) is 1.24. The summed E-state index contributed by atoms with van der Waals surface area (Å²) in [5, 5.41) is 0. The van der Waals surface area contributed by atoms with E-state index in [9.17, 15) is 0 Å². The van der Waals surface area contributed by atoms with E-state index in [4.69, 9.17) is 0 Å². The van der Waals surface area contributed by atoms with Crippen LogP contribution < -0.4 is 0 Å². The second-order valence-electron chi connectivity index (χ2n) is 2.70. The molecule has 0 unspecified atom stereocenters. The lowest BCUT2D eigenvalue weighted by molar-refractivity contribution is 0.490. The molecule has 0 amide bonds. The van der Waals surface area contributed by atoms with E-state index in [2.05, 4.69) is 20.1 Å². The van der Waals surface area contributed by atoms with Crippen molar-refractivity contribution in [1.29, 1.82) is 0 Å².